The third kappa shape index (κ3) is 8.17. The number of nitrogens with one attached hydrogen (secondary N) is 1. The van der Waals surface area contributed by atoms with Gasteiger partial charge in [0.25, 0.3) is 0 Å². The first-order valence-corrected chi connectivity index (χ1v) is 16.7. The summed E-state index contributed by atoms with van der Waals surface area (Å²) >= 11 is 0. The fourth-order valence-electron chi connectivity index (χ4n) is 5.41. The second-order valence-corrected chi connectivity index (χ2v) is 21.7. The van der Waals surface area contributed by atoms with Crippen molar-refractivity contribution >= 4 is 24.2 Å². The van der Waals surface area contributed by atoms with Gasteiger partial charge in [-0.05, 0) is 70.5 Å². The van der Waals surface area contributed by atoms with E-state index >= 15 is 0 Å². The van der Waals surface area contributed by atoms with Crippen molar-refractivity contribution in [3.8, 4) is 5.75 Å². The van der Waals surface area contributed by atoms with Crippen molar-refractivity contribution < 1.29 is 8.95 Å². The van der Waals surface area contributed by atoms with Crippen LogP contribution in [0.25, 0.3) is 0 Å². The Morgan fingerprint density at radius 2 is 1.18 bits per heavy atom. The van der Waals surface area contributed by atoms with Crippen molar-refractivity contribution in [1.82, 2.24) is 4.72 Å². The molecule has 0 bridgehead atoms. The maximum atomic E-state index is 13.8. The zero-order chi connectivity index (χ0) is 30.4. The molecule has 0 aliphatic carbocycles. The molecule has 2 aromatic rings. The Hall–Kier alpha value is -1.22. The van der Waals surface area contributed by atoms with Crippen LogP contribution < -0.4 is 14.8 Å². The average Bonchev–Trinajstić information content (AvgIpc) is 2.73. The molecule has 5 heteroatoms. The molecule has 3 nitrogen and oxygen atoms in total. The molecule has 0 heterocycles. The number of ether oxygens (including phenoxy) is 1. The van der Waals surface area contributed by atoms with Crippen LogP contribution in [0.5, 0.6) is 5.75 Å². The zero-order valence-corrected chi connectivity index (χ0v) is 29.4. The van der Waals surface area contributed by atoms with Crippen molar-refractivity contribution in [3.05, 3.63) is 58.7 Å². The molecule has 2 atom stereocenters. The minimum atomic E-state index is -1.27. The topological polar surface area (TPSA) is 38.3 Å². The zero-order valence-electron chi connectivity index (χ0n) is 27.7. The summed E-state index contributed by atoms with van der Waals surface area (Å²) in [5.41, 5.74) is 4.44. The molecule has 0 aliphatic rings. The van der Waals surface area contributed by atoms with Gasteiger partial charge < -0.3 is 4.74 Å². The van der Waals surface area contributed by atoms with Gasteiger partial charge in [-0.3, -0.25) is 0 Å². The predicted molar refractivity (Wildman–Crippen MR) is 176 cm³/mol. The standard InChI is InChI=1S/C34H56NO2PS/c1-30(2,3)25-21-23(22-26(29(25)37-16)31(4,5)6)28(35-39(36)34(13,14)15)24-19-17-18-20-27(24)38(32(7,8)9)33(10,11)12/h17-22,28,35H,1-16H3/t28?,39-/m1/s1. The Kier molecular flexibility index (Phi) is 10.1. The van der Waals surface area contributed by atoms with E-state index in [0.717, 1.165) is 11.3 Å². The highest BCUT2D eigenvalue weighted by Crippen LogP contribution is 2.59. The number of benzene rings is 2. The van der Waals surface area contributed by atoms with Crippen molar-refractivity contribution in [2.45, 2.75) is 136 Å². The fourth-order valence-corrected chi connectivity index (χ4v) is 10.4. The molecule has 0 amide bonds. The second kappa shape index (κ2) is 11.6. The van der Waals surface area contributed by atoms with E-state index in [4.69, 9.17) is 4.74 Å². The van der Waals surface area contributed by atoms with Gasteiger partial charge in [0.1, 0.15) is 5.75 Å². The van der Waals surface area contributed by atoms with Gasteiger partial charge in [-0.1, -0.05) is 115 Å². The summed E-state index contributed by atoms with van der Waals surface area (Å²) in [6.07, 6.45) is 0. The molecule has 0 fully saturated rings. The molecule has 0 aromatic heterocycles. The molecule has 0 saturated carbocycles. The maximum absolute atomic E-state index is 13.8. The summed E-state index contributed by atoms with van der Waals surface area (Å²) in [5.74, 6) is 0.953. The lowest BCUT2D eigenvalue weighted by Crippen LogP contribution is -2.39. The van der Waals surface area contributed by atoms with Gasteiger partial charge >= 0.3 is 0 Å². The second-order valence-electron chi connectivity index (χ2n) is 15.8. The third-order valence-electron chi connectivity index (χ3n) is 6.88. The normalized spacial score (nSPS) is 15.4. The van der Waals surface area contributed by atoms with Gasteiger partial charge in [-0.15, -0.1) is 0 Å². The van der Waals surface area contributed by atoms with E-state index in [2.05, 4.69) is 124 Å². The summed E-state index contributed by atoms with van der Waals surface area (Å²) in [6.45, 7) is 33.7. The van der Waals surface area contributed by atoms with Crippen LogP contribution in [0.1, 0.15) is 132 Å². The highest BCUT2D eigenvalue weighted by molar-refractivity contribution is 7.84. The van der Waals surface area contributed by atoms with Gasteiger partial charge in [0, 0.05) is 11.1 Å². The molecular formula is C34H56NO2PS. The van der Waals surface area contributed by atoms with Crippen LogP contribution in [0.4, 0.5) is 0 Å². The molecule has 2 rings (SSSR count). The van der Waals surface area contributed by atoms with E-state index in [1.54, 1.807) is 7.11 Å². The van der Waals surface area contributed by atoms with E-state index in [0.29, 0.717) is 0 Å². The summed E-state index contributed by atoms with van der Waals surface area (Å²) < 4.78 is 23.1. The molecule has 0 spiro atoms. The van der Waals surface area contributed by atoms with Crippen LogP contribution in [0.15, 0.2) is 36.4 Å². The minimum absolute atomic E-state index is 0.102. The van der Waals surface area contributed by atoms with Crippen LogP contribution in [-0.4, -0.2) is 26.4 Å². The van der Waals surface area contributed by atoms with Crippen LogP contribution in [-0.2, 0) is 21.8 Å². The van der Waals surface area contributed by atoms with E-state index in [1.165, 1.54) is 22.0 Å². The van der Waals surface area contributed by atoms with E-state index in [1.807, 2.05) is 20.8 Å². The summed E-state index contributed by atoms with van der Waals surface area (Å²) in [4.78, 5) is 0. The first-order valence-electron chi connectivity index (χ1n) is 14.2. The average molecular weight is 574 g/mol. The van der Waals surface area contributed by atoms with Gasteiger partial charge in [-0.25, -0.2) is 8.93 Å². The summed E-state index contributed by atoms with van der Waals surface area (Å²) in [7, 11) is -0.0601. The Labute approximate surface area is 244 Å². The molecule has 1 unspecified atom stereocenters. The molecule has 2 aromatic carbocycles. The number of hydrogen-bond donors (Lipinski definition) is 1. The van der Waals surface area contributed by atoms with Crippen LogP contribution in [0, 0.1) is 0 Å². The molecule has 220 valence electrons. The maximum Gasteiger partial charge on any atom is 0.126 e. The lowest BCUT2D eigenvalue weighted by molar-refractivity contribution is 0.381. The van der Waals surface area contributed by atoms with Gasteiger partial charge in [0.15, 0.2) is 0 Å². The Balaban J connectivity index is 3.05. The molecule has 0 aliphatic heterocycles. The largest absolute Gasteiger partial charge is 0.496 e. The lowest BCUT2D eigenvalue weighted by atomic mass is 9.77. The van der Waals surface area contributed by atoms with Gasteiger partial charge in [-0.2, -0.15) is 0 Å². The molecule has 39 heavy (non-hydrogen) atoms. The monoisotopic (exact) mass is 573 g/mol. The van der Waals surface area contributed by atoms with Crippen molar-refractivity contribution in [2.24, 2.45) is 0 Å². The third-order valence-corrected chi connectivity index (χ3v) is 12.0. The first-order chi connectivity index (χ1) is 17.4. The Bertz CT molecular complexity index is 1120. The minimum Gasteiger partial charge on any atom is -0.496 e. The Morgan fingerprint density at radius 3 is 1.54 bits per heavy atom. The fraction of sp³-hybridized carbons (Fsp3) is 0.647. The van der Waals surface area contributed by atoms with Crippen LogP contribution in [0.3, 0.4) is 0 Å². The molecular weight excluding hydrogens is 517 g/mol. The van der Waals surface area contributed by atoms with Gasteiger partial charge in [0.05, 0.1) is 28.9 Å². The lowest BCUT2D eigenvalue weighted by Gasteiger charge is -2.43. The van der Waals surface area contributed by atoms with E-state index < -0.39 is 23.7 Å². The molecule has 0 saturated heterocycles. The summed E-state index contributed by atoms with van der Waals surface area (Å²) in [6, 6.07) is 13.2. The first kappa shape index (κ1) is 34.0. The number of hydrogen-bond acceptors (Lipinski definition) is 2. The van der Waals surface area contributed by atoms with Crippen LogP contribution in [0.2, 0.25) is 0 Å². The number of methoxy groups -OCH3 is 1. The SMILES string of the molecule is COc1c(C(C)(C)C)cc(C(N[S@](=O)C(C)(C)C)c2ccccc2P(C(C)(C)C)C(C)(C)C)cc1C(C)(C)C. The smallest absolute Gasteiger partial charge is 0.126 e. The van der Waals surface area contributed by atoms with Crippen molar-refractivity contribution in [3.63, 3.8) is 0 Å². The predicted octanol–water partition coefficient (Wildman–Crippen LogP) is 9.14. The van der Waals surface area contributed by atoms with Crippen LogP contribution >= 0.6 is 7.92 Å². The van der Waals surface area contributed by atoms with E-state index in [9.17, 15) is 4.21 Å². The van der Waals surface area contributed by atoms with E-state index in [-0.39, 0.29) is 27.2 Å². The van der Waals surface area contributed by atoms with Gasteiger partial charge in [0.2, 0.25) is 0 Å². The highest BCUT2D eigenvalue weighted by Gasteiger charge is 2.39. The molecule has 0 radical (unpaired) electrons. The van der Waals surface area contributed by atoms with Crippen molar-refractivity contribution in [1.29, 1.82) is 0 Å². The quantitative estimate of drug-likeness (QED) is 0.350. The number of rotatable bonds is 6. The highest BCUT2D eigenvalue weighted by atomic mass is 32.2. The Morgan fingerprint density at radius 1 is 0.744 bits per heavy atom. The molecule has 1 N–H and O–H groups in total. The van der Waals surface area contributed by atoms with Crippen molar-refractivity contribution in [2.75, 3.05) is 7.11 Å². The summed E-state index contributed by atoms with van der Waals surface area (Å²) in [5, 5.41) is 1.58.